The summed E-state index contributed by atoms with van der Waals surface area (Å²) in [5.74, 6) is 1.22. The highest BCUT2D eigenvalue weighted by Crippen LogP contribution is 2.13. The minimum Gasteiger partial charge on any atom is -0.396 e. The molecule has 0 unspecified atom stereocenters. The van der Waals surface area contributed by atoms with Crippen LogP contribution in [-0.4, -0.2) is 27.7 Å². The molecule has 0 aliphatic rings. The molecule has 0 aliphatic heterocycles. The summed E-state index contributed by atoms with van der Waals surface area (Å²) in [5.41, 5.74) is 18.5. The molecule has 2 aromatic heterocycles. The van der Waals surface area contributed by atoms with Gasteiger partial charge in [-0.15, -0.1) is 0 Å². The van der Waals surface area contributed by atoms with Crippen LogP contribution in [0.2, 0.25) is 0 Å². The molecule has 2 amide bonds. The van der Waals surface area contributed by atoms with Gasteiger partial charge >= 0.3 is 6.03 Å². The van der Waals surface area contributed by atoms with E-state index in [1.165, 1.54) is 4.88 Å². The zero-order chi connectivity index (χ0) is 16.7. The van der Waals surface area contributed by atoms with Gasteiger partial charge in [-0.05, 0) is 6.92 Å². The first-order chi connectivity index (χ1) is 10.3. The molecule has 0 bridgehead atoms. The van der Waals surface area contributed by atoms with Crippen molar-refractivity contribution >= 4 is 23.2 Å². The van der Waals surface area contributed by atoms with Crippen LogP contribution in [0.5, 0.6) is 0 Å². The Balaban J connectivity index is 0.000000541. The molecule has 9 heteroatoms. The molecule has 0 saturated carbocycles. The standard InChI is InChI=1S/C12H17N4OS.CH4N2O/c1-8-11(3-4-17)18-7-16(8)6-10-5-14-9(2)15-12(10)13;2-1(3)4/h5,7,17H,3-4,6H2,1-2H3,(H2,13,14,15);(H4,2,3,4)/q+1;. The lowest BCUT2D eigenvalue weighted by molar-refractivity contribution is -0.689. The van der Waals surface area contributed by atoms with Crippen LogP contribution in [0.15, 0.2) is 11.7 Å². The molecule has 0 radical (unpaired) electrons. The van der Waals surface area contributed by atoms with Crippen molar-refractivity contribution in [2.24, 2.45) is 11.5 Å². The maximum Gasteiger partial charge on any atom is 0.309 e. The number of aliphatic hydroxyl groups is 1. The second-order valence-corrected chi connectivity index (χ2v) is 5.50. The zero-order valence-corrected chi connectivity index (χ0v) is 13.4. The van der Waals surface area contributed by atoms with Crippen molar-refractivity contribution < 1.29 is 14.5 Å². The summed E-state index contributed by atoms with van der Waals surface area (Å²) in [4.78, 5) is 18.5. The molecule has 0 spiro atoms. The SMILES string of the molecule is Cc1ncc(C[n+]2csc(CCO)c2C)c(N)n1.NC(N)=O. The van der Waals surface area contributed by atoms with Crippen molar-refractivity contribution in [1.29, 1.82) is 0 Å². The fraction of sp³-hybridized carbons (Fsp3) is 0.385. The Hall–Kier alpha value is -2.26. The molecule has 7 N–H and O–H groups in total. The molecule has 2 aromatic rings. The lowest BCUT2D eigenvalue weighted by Gasteiger charge is -2.01. The third-order valence-corrected chi connectivity index (χ3v) is 4.00. The molecule has 8 nitrogen and oxygen atoms in total. The number of nitrogens with zero attached hydrogens (tertiary/aromatic N) is 3. The summed E-state index contributed by atoms with van der Waals surface area (Å²) in [6.45, 7) is 4.71. The second kappa shape index (κ2) is 8.25. The molecule has 0 fully saturated rings. The van der Waals surface area contributed by atoms with E-state index in [0.717, 1.165) is 11.3 Å². The van der Waals surface area contributed by atoms with Gasteiger partial charge in [0.1, 0.15) is 11.6 Å². The quantitative estimate of drug-likeness (QED) is 0.567. The molecular formula is C13H21N6O2S+. The van der Waals surface area contributed by atoms with E-state index in [2.05, 4.69) is 26.0 Å². The molecule has 0 aromatic carbocycles. The lowest BCUT2D eigenvalue weighted by atomic mass is 10.2. The van der Waals surface area contributed by atoms with Crippen LogP contribution in [0.25, 0.3) is 0 Å². The van der Waals surface area contributed by atoms with Crippen LogP contribution < -0.4 is 21.8 Å². The van der Waals surface area contributed by atoms with Gasteiger partial charge in [-0.2, -0.15) is 4.57 Å². The third-order valence-electron chi connectivity index (χ3n) is 2.85. The number of carbonyl (C=O) groups excluding carboxylic acids is 1. The largest absolute Gasteiger partial charge is 0.396 e. The molecule has 2 rings (SSSR count). The number of hydrogen-bond donors (Lipinski definition) is 4. The molecule has 22 heavy (non-hydrogen) atoms. The topological polar surface area (TPSA) is 145 Å². The maximum absolute atomic E-state index is 9.00. The van der Waals surface area contributed by atoms with Crippen molar-refractivity contribution in [3.63, 3.8) is 0 Å². The first-order valence-corrected chi connectivity index (χ1v) is 7.43. The highest BCUT2D eigenvalue weighted by Gasteiger charge is 2.16. The van der Waals surface area contributed by atoms with E-state index in [-0.39, 0.29) is 6.61 Å². The maximum atomic E-state index is 9.00. The van der Waals surface area contributed by atoms with Crippen LogP contribution in [0.3, 0.4) is 0 Å². The first-order valence-electron chi connectivity index (χ1n) is 6.55. The van der Waals surface area contributed by atoms with E-state index in [9.17, 15) is 0 Å². The van der Waals surface area contributed by atoms with Gasteiger partial charge in [0.25, 0.3) is 0 Å². The van der Waals surface area contributed by atoms with Crippen molar-refractivity contribution in [3.05, 3.63) is 33.7 Å². The van der Waals surface area contributed by atoms with Crippen molar-refractivity contribution in [3.8, 4) is 0 Å². The summed E-state index contributed by atoms with van der Waals surface area (Å²) < 4.78 is 2.11. The van der Waals surface area contributed by atoms with Gasteiger partial charge in [-0.3, -0.25) is 0 Å². The average molecular weight is 325 g/mol. The fourth-order valence-electron chi connectivity index (χ4n) is 1.77. The number of primary amides is 2. The summed E-state index contributed by atoms with van der Waals surface area (Å²) >= 11 is 1.65. The Morgan fingerprint density at radius 3 is 2.59 bits per heavy atom. The number of nitrogen functional groups attached to an aromatic ring is 1. The number of aryl methyl sites for hydroxylation is 1. The number of nitrogens with two attached hydrogens (primary N) is 3. The minimum absolute atomic E-state index is 0.178. The second-order valence-electron chi connectivity index (χ2n) is 4.56. The predicted molar refractivity (Wildman–Crippen MR) is 84.1 cm³/mol. The highest BCUT2D eigenvalue weighted by atomic mass is 32.1. The summed E-state index contributed by atoms with van der Waals surface area (Å²) in [6.07, 6.45) is 2.47. The van der Waals surface area contributed by atoms with E-state index < -0.39 is 6.03 Å². The molecule has 0 saturated heterocycles. The van der Waals surface area contributed by atoms with Crippen LogP contribution >= 0.6 is 11.3 Å². The molecule has 0 aliphatic carbocycles. The van der Waals surface area contributed by atoms with Gasteiger partial charge in [0.2, 0.25) is 5.51 Å². The zero-order valence-electron chi connectivity index (χ0n) is 12.6. The Kier molecular flexibility index (Phi) is 6.67. The number of urea groups is 1. The van der Waals surface area contributed by atoms with Gasteiger partial charge in [-0.1, -0.05) is 11.3 Å². The monoisotopic (exact) mass is 325 g/mol. The van der Waals surface area contributed by atoms with Crippen LogP contribution in [-0.2, 0) is 13.0 Å². The highest BCUT2D eigenvalue weighted by molar-refractivity contribution is 7.09. The minimum atomic E-state index is -0.833. The normalized spacial score (nSPS) is 9.95. The number of thiazole rings is 1. The number of rotatable bonds is 4. The number of hydrogen-bond acceptors (Lipinski definition) is 6. The van der Waals surface area contributed by atoms with Crippen LogP contribution in [0.4, 0.5) is 10.6 Å². The lowest BCUT2D eigenvalue weighted by Crippen LogP contribution is -2.35. The first kappa shape index (κ1) is 17.8. The van der Waals surface area contributed by atoms with Gasteiger partial charge in [0, 0.05) is 26.1 Å². The molecule has 2 heterocycles. The van der Waals surface area contributed by atoms with Crippen LogP contribution in [0, 0.1) is 13.8 Å². The van der Waals surface area contributed by atoms with Crippen molar-refractivity contribution in [1.82, 2.24) is 9.97 Å². The fourth-order valence-corrected chi connectivity index (χ4v) is 2.75. The summed E-state index contributed by atoms with van der Waals surface area (Å²) in [7, 11) is 0. The molecule has 0 atom stereocenters. The number of amides is 2. The molecule has 120 valence electrons. The summed E-state index contributed by atoms with van der Waals surface area (Å²) in [5, 5.41) is 8.98. The van der Waals surface area contributed by atoms with Gasteiger partial charge in [0.15, 0.2) is 12.2 Å². The smallest absolute Gasteiger partial charge is 0.309 e. The van der Waals surface area contributed by atoms with Crippen LogP contribution in [0.1, 0.15) is 22.0 Å². The van der Waals surface area contributed by atoms with Gasteiger partial charge < -0.3 is 22.3 Å². The van der Waals surface area contributed by atoms with E-state index in [4.69, 9.17) is 15.6 Å². The Bertz CT molecular complexity index is 639. The number of carbonyl (C=O) groups is 1. The summed E-state index contributed by atoms with van der Waals surface area (Å²) in [6, 6.07) is -0.833. The van der Waals surface area contributed by atoms with E-state index in [0.29, 0.717) is 24.6 Å². The van der Waals surface area contributed by atoms with Crippen molar-refractivity contribution in [2.75, 3.05) is 12.3 Å². The number of anilines is 1. The van der Waals surface area contributed by atoms with Gasteiger partial charge in [-0.25, -0.2) is 14.8 Å². The predicted octanol–water partition coefficient (Wildman–Crippen LogP) is -0.368. The molecular weight excluding hydrogens is 304 g/mol. The Labute approximate surface area is 132 Å². The number of aromatic nitrogens is 3. The Morgan fingerprint density at radius 1 is 1.41 bits per heavy atom. The van der Waals surface area contributed by atoms with E-state index in [1.807, 2.05) is 19.4 Å². The van der Waals surface area contributed by atoms with E-state index in [1.54, 1.807) is 17.5 Å². The third kappa shape index (κ3) is 5.26. The average Bonchev–Trinajstić information content (AvgIpc) is 2.75. The number of aliphatic hydroxyl groups excluding tert-OH is 1. The van der Waals surface area contributed by atoms with E-state index >= 15 is 0 Å². The van der Waals surface area contributed by atoms with Gasteiger partial charge in [0.05, 0.1) is 10.4 Å². The van der Waals surface area contributed by atoms with Crippen molar-refractivity contribution in [2.45, 2.75) is 26.8 Å². The Morgan fingerprint density at radius 2 is 2.05 bits per heavy atom.